The van der Waals surface area contributed by atoms with Crippen molar-refractivity contribution in [2.75, 3.05) is 23.4 Å². The second kappa shape index (κ2) is 7.38. The van der Waals surface area contributed by atoms with Crippen molar-refractivity contribution in [2.24, 2.45) is 5.92 Å². The molecule has 0 bridgehead atoms. The quantitative estimate of drug-likeness (QED) is 0.909. The molecule has 130 valence electrons. The van der Waals surface area contributed by atoms with E-state index in [9.17, 15) is 9.59 Å². The molecule has 1 aliphatic rings. The lowest BCUT2D eigenvalue weighted by Gasteiger charge is -2.17. The minimum Gasteiger partial charge on any atom is -0.494 e. The van der Waals surface area contributed by atoms with Gasteiger partial charge in [0.1, 0.15) is 5.75 Å². The van der Waals surface area contributed by atoms with Gasteiger partial charge in [-0.05, 0) is 50.2 Å². The molecule has 0 saturated carbocycles. The van der Waals surface area contributed by atoms with Gasteiger partial charge in [-0.25, -0.2) is 0 Å². The number of benzene rings is 2. The maximum atomic E-state index is 12.5. The second-order valence-corrected chi connectivity index (χ2v) is 6.19. The van der Waals surface area contributed by atoms with Crippen molar-refractivity contribution in [1.82, 2.24) is 0 Å². The van der Waals surface area contributed by atoms with Gasteiger partial charge in [0, 0.05) is 24.3 Å². The van der Waals surface area contributed by atoms with E-state index in [2.05, 4.69) is 5.32 Å². The molecule has 2 aromatic carbocycles. The Morgan fingerprint density at radius 2 is 1.84 bits per heavy atom. The summed E-state index contributed by atoms with van der Waals surface area (Å²) in [6.07, 6.45) is 0.233. The minimum absolute atomic E-state index is 0.0179. The maximum Gasteiger partial charge on any atom is 0.229 e. The number of anilines is 2. The van der Waals surface area contributed by atoms with Crippen LogP contribution in [-0.2, 0) is 9.59 Å². The van der Waals surface area contributed by atoms with Crippen LogP contribution in [0, 0.1) is 12.8 Å². The maximum absolute atomic E-state index is 12.5. The van der Waals surface area contributed by atoms with E-state index in [1.54, 1.807) is 17.0 Å². The number of carbonyl (C=O) groups excluding carboxylic acids is 2. The van der Waals surface area contributed by atoms with Crippen molar-refractivity contribution < 1.29 is 14.3 Å². The molecule has 2 aromatic rings. The van der Waals surface area contributed by atoms with E-state index in [1.807, 2.05) is 50.2 Å². The Morgan fingerprint density at radius 3 is 2.48 bits per heavy atom. The van der Waals surface area contributed by atoms with E-state index < -0.39 is 0 Å². The molecule has 1 heterocycles. The average Bonchev–Trinajstić information content (AvgIpc) is 3.00. The van der Waals surface area contributed by atoms with Crippen LogP contribution in [0.3, 0.4) is 0 Å². The first kappa shape index (κ1) is 17.0. The molecule has 1 aliphatic heterocycles. The highest BCUT2D eigenvalue weighted by Gasteiger charge is 2.35. The zero-order valence-corrected chi connectivity index (χ0v) is 14.5. The Morgan fingerprint density at radius 1 is 1.16 bits per heavy atom. The number of nitrogens with one attached hydrogen (secondary N) is 1. The van der Waals surface area contributed by atoms with Gasteiger partial charge < -0.3 is 15.0 Å². The molecule has 3 rings (SSSR count). The molecule has 2 amide bonds. The van der Waals surface area contributed by atoms with Gasteiger partial charge in [0.05, 0.1) is 12.5 Å². The van der Waals surface area contributed by atoms with Gasteiger partial charge in [-0.2, -0.15) is 0 Å². The standard InChI is InChI=1S/C20H22N2O3/c1-3-25-18-10-6-16(7-11-18)21-20(24)15-12-19(23)22(13-15)17-8-4-14(2)5-9-17/h4-11,15H,3,12-13H2,1-2H3,(H,21,24)/t15-/m1/s1. The Hall–Kier alpha value is -2.82. The summed E-state index contributed by atoms with van der Waals surface area (Å²) in [5.74, 6) is 0.269. The third-order valence-electron chi connectivity index (χ3n) is 4.27. The molecular weight excluding hydrogens is 316 g/mol. The fourth-order valence-electron chi connectivity index (χ4n) is 2.90. The van der Waals surface area contributed by atoms with Crippen LogP contribution in [0.2, 0.25) is 0 Å². The molecule has 0 unspecified atom stereocenters. The molecule has 1 atom stereocenters. The fourth-order valence-corrected chi connectivity index (χ4v) is 2.90. The van der Waals surface area contributed by atoms with Crippen molar-refractivity contribution in [1.29, 1.82) is 0 Å². The third kappa shape index (κ3) is 3.99. The lowest BCUT2D eigenvalue weighted by molar-refractivity contribution is -0.122. The first-order valence-corrected chi connectivity index (χ1v) is 8.47. The summed E-state index contributed by atoms with van der Waals surface area (Å²) in [6, 6.07) is 15.0. The number of ether oxygens (including phenoxy) is 1. The molecule has 1 fully saturated rings. The van der Waals surface area contributed by atoms with Gasteiger partial charge in [-0.3, -0.25) is 9.59 Å². The summed E-state index contributed by atoms with van der Waals surface area (Å²) in [4.78, 5) is 26.4. The van der Waals surface area contributed by atoms with Crippen molar-refractivity contribution in [2.45, 2.75) is 20.3 Å². The molecule has 1 N–H and O–H groups in total. The summed E-state index contributed by atoms with van der Waals surface area (Å²) in [5, 5.41) is 2.88. The highest BCUT2D eigenvalue weighted by atomic mass is 16.5. The highest BCUT2D eigenvalue weighted by Crippen LogP contribution is 2.26. The average molecular weight is 338 g/mol. The molecule has 0 radical (unpaired) electrons. The lowest BCUT2D eigenvalue weighted by atomic mass is 10.1. The van der Waals surface area contributed by atoms with Gasteiger partial charge in [-0.15, -0.1) is 0 Å². The normalized spacial score (nSPS) is 16.8. The fraction of sp³-hybridized carbons (Fsp3) is 0.300. The monoisotopic (exact) mass is 338 g/mol. The Labute approximate surface area is 147 Å². The van der Waals surface area contributed by atoms with Crippen LogP contribution < -0.4 is 15.0 Å². The number of nitrogens with zero attached hydrogens (tertiary/aromatic N) is 1. The Bertz CT molecular complexity index is 754. The summed E-state index contributed by atoms with van der Waals surface area (Å²) in [5.41, 5.74) is 2.68. The third-order valence-corrected chi connectivity index (χ3v) is 4.27. The molecule has 0 spiro atoms. The summed E-state index contributed by atoms with van der Waals surface area (Å²) >= 11 is 0. The van der Waals surface area contributed by atoms with Gasteiger partial charge in [0.2, 0.25) is 11.8 Å². The number of carbonyl (C=O) groups is 2. The number of rotatable bonds is 5. The zero-order valence-electron chi connectivity index (χ0n) is 14.5. The van der Waals surface area contributed by atoms with Crippen molar-refractivity contribution in [3.05, 3.63) is 54.1 Å². The smallest absolute Gasteiger partial charge is 0.229 e. The summed E-state index contributed by atoms with van der Waals surface area (Å²) in [6.45, 7) is 4.94. The van der Waals surface area contributed by atoms with E-state index in [-0.39, 0.29) is 24.2 Å². The number of amides is 2. The van der Waals surface area contributed by atoms with Crippen molar-refractivity contribution in [3.63, 3.8) is 0 Å². The molecular formula is C20H22N2O3. The van der Waals surface area contributed by atoms with Crippen LogP contribution >= 0.6 is 0 Å². The largest absolute Gasteiger partial charge is 0.494 e. The minimum atomic E-state index is -0.347. The molecule has 0 aliphatic carbocycles. The Balaban J connectivity index is 1.63. The second-order valence-electron chi connectivity index (χ2n) is 6.19. The highest BCUT2D eigenvalue weighted by molar-refractivity contribution is 6.03. The SMILES string of the molecule is CCOc1ccc(NC(=O)[C@@H]2CC(=O)N(c3ccc(C)cc3)C2)cc1. The molecule has 0 aromatic heterocycles. The van der Waals surface area contributed by atoms with E-state index in [4.69, 9.17) is 4.74 Å². The first-order chi connectivity index (χ1) is 12.1. The van der Waals surface area contributed by atoms with E-state index in [0.717, 1.165) is 17.0 Å². The van der Waals surface area contributed by atoms with Crippen molar-refractivity contribution >= 4 is 23.2 Å². The van der Waals surface area contributed by atoms with Gasteiger partial charge in [0.15, 0.2) is 0 Å². The summed E-state index contributed by atoms with van der Waals surface area (Å²) in [7, 11) is 0. The summed E-state index contributed by atoms with van der Waals surface area (Å²) < 4.78 is 5.39. The predicted octanol–water partition coefficient (Wildman–Crippen LogP) is 3.39. The lowest BCUT2D eigenvalue weighted by Crippen LogP contribution is -2.28. The predicted molar refractivity (Wildman–Crippen MR) is 97.9 cm³/mol. The Kier molecular flexibility index (Phi) is 5.03. The van der Waals surface area contributed by atoms with Crippen LogP contribution in [-0.4, -0.2) is 25.0 Å². The van der Waals surface area contributed by atoms with E-state index in [0.29, 0.717) is 18.8 Å². The van der Waals surface area contributed by atoms with Crippen LogP contribution in [0.5, 0.6) is 5.75 Å². The van der Waals surface area contributed by atoms with Crippen LogP contribution in [0.15, 0.2) is 48.5 Å². The molecule has 1 saturated heterocycles. The van der Waals surface area contributed by atoms with Gasteiger partial charge >= 0.3 is 0 Å². The van der Waals surface area contributed by atoms with E-state index in [1.165, 1.54) is 0 Å². The van der Waals surface area contributed by atoms with Crippen molar-refractivity contribution in [3.8, 4) is 5.75 Å². The van der Waals surface area contributed by atoms with E-state index >= 15 is 0 Å². The topological polar surface area (TPSA) is 58.6 Å². The number of hydrogen-bond donors (Lipinski definition) is 1. The van der Waals surface area contributed by atoms with Crippen LogP contribution in [0.1, 0.15) is 18.9 Å². The van der Waals surface area contributed by atoms with Gasteiger partial charge in [-0.1, -0.05) is 17.7 Å². The zero-order chi connectivity index (χ0) is 17.8. The number of hydrogen-bond acceptors (Lipinski definition) is 3. The molecule has 5 heteroatoms. The first-order valence-electron chi connectivity index (χ1n) is 8.47. The molecule has 5 nitrogen and oxygen atoms in total. The van der Waals surface area contributed by atoms with Crippen LogP contribution in [0.25, 0.3) is 0 Å². The number of aryl methyl sites for hydroxylation is 1. The molecule has 25 heavy (non-hydrogen) atoms. The van der Waals surface area contributed by atoms with Crippen LogP contribution in [0.4, 0.5) is 11.4 Å². The van der Waals surface area contributed by atoms with Gasteiger partial charge in [0.25, 0.3) is 0 Å².